The van der Waals surface area contributed by atoms with Gasteiger partial charge in [-0.2, -0.15) is 13.5 Å². The summed E-state index contributed by atoms with van der Waals surface area (Å²) < 4.78 is 28.6. The molecule has 0 saturated heterocycles. The topological polar surface area (TPSA) is 103 Å². The molecule has 1 heterocycles. The molecule has 27 heavy (non-hydrogen) atoms. The molecule has 0 bridgehead atoms. The molecule has 7 nitrogen and oxygen atoms in total. The van der Waals surface area contributed by atoms with Gasteiger partial charge in [-0.05, 0) is 29.1 Å². The van der Waals surface area contributed by atoms with Gasteiger partial charge in [-0.3, -0.25) is 0 Å². The first-order valence-electron chi connectivity index (χ1n) is 8.50. The van der Waals surface area contributed by atoms with Crippen molar-refractivity contribution < 1.29 is 18.5 Å². The molecule has 0 radical (unpaired) electrons. The second-order valence-electron chi connectivity index (χ2n) is 6.65. The summed E-state index contributed by atoms with van der Waals surface area (Å²) in [6.07, 6.45) is 1.59. The van der Waals surface area contributed by atoms with Crippen molar-refractivity contribution in [3.63, 3.8) is 0 Å². The van der Waals surface area contributed by atoms with E-state index in [-0.39, 0.29) is 10.8 Å². The van der Waals surface area contributed by atoms with Gasteiger partial charge in [-0.15, -0.1) is 4.40 Å². The zero-order valence-electron chi connectivity index (χ0n) is 15.0. The summed E-state index contributed by atoms with van der Waals surface area (Å²) in [5.41, 5.74) is 1.66. The molecule has 2 aromatic rings. The lowest BCUT2D eigenvalue weighted by molar-refractivity contribution is 0.386. The zero-order valence-corrected chi connectivity index (χ0v) is 15.8. The van der Waals surface area contributed by atoms with Crippen LogP contribution in [0.1, 0.15) is 25.0 Å². The standard InChI is InChI=1S/C18H20BN3O4S/c1-13(2)12-22(20-11-14-7-9-15(10-8-14)19(23)24)18-16-5-3-4-6-17(16)27(25,26)21-18/h3-11,13,23-24H,12H2,1-2H3/b20-11+. The van der Waals surface area contributed by atoms with Gasteiger partial charge in [0.1, 0.15) is 4.90 Å². The molecule has 140 valence electrons. The van der Waals surface area contributed by atoms with Crippen LogP contribution in [0.15, 0.2) is 62.9 Å². The summed E-state index contributed by atoms with van der Waals surface area (Å²) in [4.78, 5) is 0.185. The molecule has 0 fully saturated rings. The van der Waals surface area contributed by atoms with Crippen molar-refractivity contribution in [2.75, 3.05) is 6.54 Å². The number of sulfonamides is 1. The molecule has 9 heteroatoms. The van der Waals surface area contributed by atoms with Gasteiger partial charge in [0.05, 0.1) is 6.21 Å². The van der Waals surface area contributed by atoms with Crippen LogP contribution in [0, 0.1) is 5.92 Å². The van der Waals surface area contributed by atoms with Crippen molar-refractivity contribution in [2.24, 2.45) is 15.4 Å². The average Bonchev–Trinajstić information content (AvgIpc) is 2.90. The zero-order chi connectivity index (χ0) is 19.6. The van der Waals surface area contributed by atoms with Crippen LogP contribution in [0.2, 0.25) is 0 Å². The van der Waals surface area contributed by atoms with Crippen molar-refractivity contribution >= 4 is 34.7 Å². The third-order valence-corrected chi connectivity index (χ3v) is 5.30. The molecule has 1 aliphatic rings. The van der Waals surface area contributed by atoms with Gasteiger partial charge in [0.2, 0.25) is 0 Å². The van der Waals surface area contributed by atoms with E-state index < -0.39 is 17.1 Å². The quantitative estimate of drug-likeness (QED) is 0.451. The first-order chi connectivity index (χ1) is 12.8. The lowest BCUT2D eigenvalue weighted by atomic mass is 9.80. The molecule has 1 aliphatic heterocycles. The Morgan fingerprint density at radius 2 is 1.81 bits per heavy atom. The number of hydrazone groups is 1. The van der Waals surface area contributed by atoms with Gasteiger partial charge in [0.25, 0.3) is 10.0 Å². The van der Waals surface area contributed by atoms with Gasteiger partial charge in [-0.25, -0.2) is 5.01 Å². The molecular formula is C18H20BN3O4S. The van der Waals surface area contributed by atoms with Crippen LogP contribution in [0.5, 0.6) is 0 Å². The maximum atomic E-state index is 12.3. The SMILES string of the molecule is CC(C)CN(/N=C/c1ccc(B(O)O)cc1)C1=NS(=O)(=O)c2ccccc21. The number of hydrogen-bond donors (Lipinski definition) is 2. The summed E-state index contributed by atoms with van der Waals surface area (Å²) in [5.74, 6) is 0.533. The van der Waals surface area contributed by atoms with Crippen LogP contribution in [0.25, 0.3) is 0 Å². The molecule has 2 N–H and O–H groups in total. The van der Waals surface area contributed by atoms with E-state index in [0.29, 0.717) is 23.4 Å². The van der Waals surface area contributed by atoms with Gasteiger partial charge in [0.15, 0.2) is 5.84 Å². The first kappa shape index (κ1) is 19.3. The summed E-state index contributed by atoms with van der Waals surface area (Å²) in [7, 11) is -5.24. The van der Waals surface area contributed by atoms with Gasteiger partial charge >= 0.3 is 7.12 Å². The van der Waals surface area contributed by atoms with Gasteiger partial charge < -0.3 is 10.0 Å². The number of nitrogens with zero attached hydrogens (tertiary/aromatic N) is 3. The minimum Gasteiger partial charge on any atom is -0.423 e. The summed E-state index contributed by atoms with van der Waals surface area (Å²) in [6, 6.07) is 13.3. The Morgan fingerprint density at radius 1 is 1.15 bits per heavy atom. The molecule has 0 atom stereocenters. The minimum absolute atomic E-state index is 0.185. The largest absolute Gasteiger partial charge is 0.488 e. The highest BCUT2D eigenvalue weighted by atomic mass is 32.2. The van der Waals surface area contributed by atoms with E-state index in [1.54, 1.807) is 53.7 Å². The third kappa shape index (κ3) is 4.27. The Bertz CT molecular complexity index is 986. The lowest BCUT2D eigenvalue weighted by Gasteiger charge is -2.20. The number of hydrogen-bond acceptors (Lipinski definition) is 6. The number of benzene rings is 2. The van der Waals surface area contributed by atoms with Crippen LogP contribution < -0.4 is 5.46 Å². The van der Waals surface area contributed by atoms with Crippen LogP contribution in [-0.4, -0.2) is 49.2 Å². The monoisotopic (exact) mass is 385 g/mol. The van der Waals surface area contributed by atoms with E-state index in [0.717, 1.165) is 5.56 Å². The van der Waals surface area contributed by atoms with E-state index >= 15 is 0 Å². The highest BCUT2D eigenvalue weighted by Gasteiger charge is 2.31. The second kappa shape index (κ2) is 7.63. The minimum atomic E-state index is -3.72. The lowest BCUT2D eigenvalue weighted by Crippen LogP contribution is -2.30. The predicted octanol–water partition coefficient (Wildman–Crippen LogP) is 0.807. The smallest absolute Gasteiger partial charge is 0.423 e. The Balaban J connectivity index is 1.93. The van der Waals surface area contributed by atoms with Crippen molar-refractivity contribution in [1.82, 2.24) is 5.01 Å². The molecule has 0 spiro atoms. The highest BCUT2D eigenvalue weighted by Crippen LogP contribution is 2.27. The van der Waals surface area contributed by atoms with E-state index in [2.05, 4.69) is 9.50 Å². The molecule has 3 rings (SSSR count). The van der Waals surface area contributed by atoms with E-state index in [4.69, 9.17) is 10.0 Å². The average molecular weight is 385 g/mol. The normalized spacial score (nSPS) is 15.1. The van der Waals surface area contributed by atoms with Crippen LogP contribution in [-0.2, 0) is 10.0 Å². The second-order valence-corrected chi connectivity index (χ2v) is 8.22. The van der Waals surface area contributed by atoms with Crippen LogP contribution in [0.4, 0.5) is 0 Å². The fraction of sp³-hybridized carbons (Fsp3) is 0.222. The van der Waals surface area contributed by atoms with Crippen molar-refractivity contribution in [1.29, 1.82) is 0 Å². The molecule has 2 aromatic carbocycles. The van der Waals surface area contributed by atoms with Crippen molar-refractivity contribution in [3.05, 3.63) is 59.7 Å². The number of fused-ring (bicyclic) bond motifs is 1. The Labute approximate surface area is 158 Å². The fourth-order valence-corrected chi connectivity index (χ4v) is 3.91. The summed E-state index contributed by atoms with van der Waals surface area (Å²) in [5, 5.41) is 24.3. The Hall–Kier alpha value is -2.49. The van der Waals surface area contributed by atoms with Crippen LogP contribution in [0.3, 0.4) is 0 Å². The van der Waals surface area contributed by atoms with E-state index in [1.807, 2.05) is 13.8 Å². The molecule has 0 unspecified atom stereocenters. The third-order valence-electron chi connectivity index (χ3n) is 3.98. The molecule has 0 amide bonds. The Kier molecular flexibility index (Phi) is 5.45. The maximum absolute atomic E-state index is 12.3. The molecular weight excluding hydrogens is 365 g/mol. The van der Waals surface area contributed by atoms with Crippen LogP contribution >= 0.6 is 0 Å². The first-order valence-corrected chi connectivity index (χ1v) is 9.94. The Morgan fingerprint density at radius 3 is 2.44 bits per heavy atom. The fourth-order valence-electron chi connectivity index (χ4n) is 2.70. The van der Waals surface area contributed by atoms with Gasteiger partial charge in [-0.1, -0.05) is 50.2 Å². The molecule has 0 aromatic heterocycles. The summed E-state index contributed by atoms with van der Waals surface area (Å²) in [6.45, 7) is 4.51. The highest BCUT2D eigenvalue weighted by molar-refractivity contribution is 7.90. The van der Waals surface area contributed by atoms with Crippen molar-refractivity contribution in [3.8, 4) is 0 Å². The molecule has 0 saturated carbocycles. The number of amidine groups is 1. The summed E-state index contributed by atoms with van der Waals surface area (Å²) >= 11 is 0. The molecule has 0 aliphatic carbocycles. The van der Waals surface area contributed by atoms with E-state index in [1.165, 1.54) is 6.07 Å². The number of rotatable bonds is 5. The van der Waals surface area contributed by atoms with Crippen molar-refractivity contribution in [2.45, 2.75) is 18.7 Å². The van der Waals surface area contributed by atoms with Gasteiger partial charge in [0, 0.05) is 12.1 Å². The predicted molar refractivity (Wildman–Crippen MR) is 106 cm³/mol. The van der Waals surface area contributed by atoms with E-state index in [9.17, 15) is 8.42 Å². The maximum Gasteiger partial charge on any atom is 0.488 e.